The van der Waals surface area contributed by atoms with Crippen LogP contribution in [-0.2, 0) is 0 Å². The van der Waals surface area contributed by atoms with E-state index in [2.05, 4.69) is 10.3 Å². The second kappa shape index (κ2) is 7.14. The summed E-state index contributed by atoms with van der Waals surface area (Å²) in [6.07, 6.45) is -1.04. The van der Waals surface area contributed by atoms with Crippen molar-refractivity contribution in [1.29, 1.82) is 0 Å². The van der Waals surface area contributed by atoms with E-state index in [1.807, 2.05) is 6.07 Å². The fourth-order valence-electron chi connectivity index (χ4n) is 2.59. The van der Waals surface area contributed by atoms with Crippen LogP contribution in [0.15, 0.2) is 42.5 Å². The van der Waals surface area contributed by atoms with Gasteiger partial charge in [0, 0.05) is 33.2 Å². The number of aliphatic hydroxyl groups excluding tert-OH is 2. The van der Waals surface area contributed by atoms with Crippen LogP contribution in [-0.4, -0.2) is 34.8 Å². The Morgan fingerprint density at radius 2 is 2.08 bits per heavy atom. The Morgan fingerprint density at radius 1 is 1.28 bits per heavy atom. The molecule has 0 spiro atoms. The number of carbonyl (C=O) groups excluding carboxylic acids is 1. The Kier molecular flexibility index (Phi) is 4.94. The molecule has 1 atom stereocenters. The molecule has 1 aromatic heterocycles. The highest BCUT2D eigenvalue weighted by Crippen LogP contribution is 2.28. The Morgan fingerprint density at radius 3 is 2.80 bits per heavy atom. The van der Waals surface area contributed by atoms with E-state index in [0.29, 0.717) is 27.7 Å². The zero-order valence-electron chi connectivity index (χ0n) is 13.4. The lowest BCUT2D eigenvalue weighted by atomic mass is 10.1. The van der Waals surface area contributed by atoms with Gasteiger partial charge in [-0.15, -0.1) is 0 Å². The number of carbonyl (C=O) groups is 1. The number of amides is 1. The number of aliphatic hydroxyl groups is 2. The summed E-state index contributed by atoms with van der Waals surface area (Å²) in [4.78, 5) is 15.5. The SMILES string of the molecule is COc1cc(NC(=O)c2cc3cc(Cl)ccc3[nH]2)ccc1C(O)CO. The van der Waals surface area contributed by atoms with Gasteiger partial charge in [0.2, 0.25) is 0 Å². The molecule has 25 heavy (non-hydrogen) atoms. The molecule has 0 aliphatic heterocycles. The third-order valence-corrected chi connectivity index (χ3v) is 4.09. The summed E-state index contributed by atoms with van der Waals surface area (Å²) >= 11 is 5.96. The van der Waals surface area contributed by atoms with Crippen LogP contribution in [0.1, 0.15) is 22.2 Å². The number of nitrogens with one attached hydrogen (secondary N) is 2. The number of methoxy groups -OCH3 is 1. The first-order chi connectivity index (χ1) is 12.0. The highest BCUT2D eigenvalue weighted by Gasteiger charge is 2.15. The van der Waals surface area contributed by atoms with Gasteiger partial charge in [-0.1, -0.05) is 17.7 Å². The van der Waals surface area contributed by atoms with Crippen LogP contribution in [0.4, 0.5) is 5.69 Å². The molecule has 3 aromatic rings. The number of benzene rings is 2. The highest BCUT2D eigenvalue weighted by molar-refractivity contribution is 6.31. The van der Waals surface area contributed by atoms with Gasteiger partial charge < -0.3 is 25.3 Å². The quantitative estimate of drug-likeness (QED) is 0.562. The molecule has 0 fully saturated rings. The number of aromatic nitrogens is 1. The molecule has 7 heteroatoms. The number of rotatable bonds is 5. The maximum Gasteiger partial charge on any atom is 0.272 e. The molecule has 0 aliphatic carbocycles. The molecule has 1 unspecified atom stereocenters. The Balaban J connectivity index is 1.84. The van der Waals surface area contributed by atoms with Gasteiger partial charge in [-0.25, -0.2) is 0 Å². The molecule has 0 saturated carbocycles. The van der Waals surface area contributed by atoms with Crippen molar-refractivity contribution in [2.75, 3.05) is 19.0 Å². The second-order valence-corrected chi connectivity index (χ2v) is 5.96. The van der Waals surface area contributed by atoms with Crippen molar-refractivity contribution in [3.63, 3.8) is 0 Å². The van der Waals surface area contributed by atoms with Crippen LogP contribution in [0.5, 0.6) is 5.75 Å². The second-order valence-electron chi connectivity index (χ2n) is 5.52. The van der Waals surface area contributed by atoms with E-state index in [0.717, 1.165) is 10.9 Å². The van der Waals surface area contributed by atoms with Gasteiger partial charge in [-0.2, -0.15) is 0 Å². The summed E-state index contributed by atoms with van der Waals surface area (Å²) < 4.78 is 5.21. The maximum absolute atomic E-state index is 12.4. The first-order valence-electron chi connectivity index (χ1n) is 7.58. The summed E-state index contributed by atoms with van der Waals surface area (Å²) in [5.41, 5.74) is 2.17. The fraction of sp³-hybridized carbons (Fsp3) is 0.167. The van der Waals surface area contributed by atoms with Crippen molar-refractivity contribution < 1.29 is 19.7 Å². The normalized spacial score (nSPS) is 12.2. The van der Waals surface area contributed by atoms with E-state index in [1.165, 1.54) is 7.11 Å². The van der Waals surface area contributed by atoms with Gasteiger partial charge in [0.1, 0.15) is 17.5 Å². The molecule has 1 amide bonds. The molecule has 2 aromatic carbocycles. The average molecular weight is 361 g/mol. The number of H-pyrrole nitrogens is 1. The summed E-state index contributed by atoms with van der Waals surface area (Å²) in [7, 11) is 1.45. The molecule has 0 saturated heterocycles. The minimum absolute atomic E-state index is 0.315. The van der Waals surface area contributed by atoms with Gasteiger partial charge in [-0.3, -0.25) is 4.79 Å². The summed E-state index contributed by atoms with van der Waals surface area (Å²) in [5.74, 6) is 0.0626. The van der Waals surface area contributed by atoms with E-state index >= 15 is 0 Å². The standard InChI is InChI=1S/C18H17ClN2O4/c1-25-17-8-12(3-4-13(17)16(23)9-22)20-18(24)15-7-10-6-11(19)2-5-14(10)21-15/h2-8,16,21-23H,9H2,1H3,(H,20,24). The molecule has 130 valence electrons. The molecule has 0 radical (unpaired) electrons. The van der Waals surface area contributed by atoms with Crippen LogP contribution in [0.2, 0.25) is 5.02 Å². The topological polar surface area (TPSA) is 94.6 Å². The largest absolute Gasteiger partial charge is 0.496 e. The van der Waals surface area contributed by atoms with E-state index in [9.17, 15) is 9.90 Å². The third kappa shape index (κ3) is 3.61. The minimum Gasteiger partial charge on any atom is -0.496 e. The van der Waals surface area contributed by atoms with Crippen molar-refractivity contribution in [1.82, 2.24) is 4.98 Å². The zero-order chi connectivity index (χ0) is 18.0. The van der Waals surface area contributed by atoms with Crippen molar-refractivity contribution in [2.24, 2.45) is 0 Å². The van der Waals surface area contributed by atoms with Crippen LogP contribution in [0.25, 0.3) is 10.9 Å². The summed E-state index contributed by atoms with van der Waals surface area (Å²) in [5, 5.41) is 23.0. The lowest BCUT2D eigenvalue weighted by molar-refractivity contribution is 0.0934. The Bertz CT molecular complexity index is 923. The number of hydrogen-bond donors (Lipinski definition) is 4. The summed E-state index contributed by atoms with van der Waals surface area (Å²) in [6, 6.07) is 11.9. The van der Waals surface area contributed by atoms with Gasteiger partial charge in [-0.05, 0) is 30.3 Å². The number of ether oxygens (including phenoxy) is 1. The molecule has 6 nitrogen and oxygen atoms in total. The molecular formula is C18H17ClN2O4. The van der Waals surface area contributed by atoms with E-state index in [4.69, 9.17) is 21.4 Å². The zero-order valence-corrected chi connectivity index (χ0v) is 14.2. The molecule has 4 N–H and O–H groups in total. The molecule has 0 aliphatic rings. The lowest BCUT2D eigenvalue weighted by Crippen LogP contribution is -2.13. The highest BCUT2D eigenvalue weighted by atomic mass is 35.5. The number of anilines is 1. The Hall–Kier alpha value is -2.54. The van der Waals surface area contributed by atoms with Crippen molar-refractivity contribution in [3.8, 4) is 5.75 Å². The Labute approximate surface area is 149 Å². The first kappa shape index (κ1) is 17.3. The maximum atomic E-state index is 12.4. The first-order valence-corrected chi connectivity index (χ1v) is 7.96. The lowest BCUT2D eigenvalue weighted by Gasteiger charge is -2.14. The monoisotopic (exact) mass is 360 g/mol. The van der Waals surface area contributed by atoms with E-state index < -0.39 is 12.7 Å². The van der Waals surface area contributed by atoms with Crippen molar-refractivity contribution in [2.45, 2.75) is 6.10 Å². The van der Waals surface area contributed by atoms with Crippen LogP contribution in [0, 0.1) is 0 Å². The van der Waals surface area contributed by atoms with Crippen LogP contribution < -0.4 is 10.1 Å². The van der Waals surface area contributed by atoms with Crippen molar-refractivity contribution >= 4 is 34.1 Å². The van der Waals surface area contributed by atoms with Crippen LogP contribution in [0.3, 0.4) is 0 Å². The van der Waals surface area contributed by atoms with Gasteiger partial charge in [0.05, 0.1) is 13.7 Å². The van der Waals surface area contributed by atoms with E-state index in [-0.39, 0.29) is 5.91 Å². The average Bonchev–Trinajstić information content (AvgIpc) is 3.04. The minimum atomic E-state index is -1.04. The van der Waals surface area contributed by atoms with Gasteiger partial charge in [0.15, 0.2) is 0 Å². The van der Waals surface area contributed by atoms with E-state index in [1.54, 1.807) is 36.4 Å². The number of fused-ring (bicyclic) bond motifs is 1. The van der Waals surface area contributed by atoms with Gasteiger partial charge in [0.25, 0.3) is 5.91 Å². The molecular weight excluding hydrogens is 344 g/mol. The van der Waals surface area contributed by atoms with Crippen molar-refractivity contribution in [3.05, 3.63) is 58.7 Å². The number of hydrogen-bond acceptors (Lipinski definition) is 4. The molecule has 1 heterocycles. The molecule has 3 rings (SSSR count). The summed E-state index contributed by atoms with van der Waals surface area (Å²) in [6.45, 7) is -0.417. The third-order valence-electron chi connectivity index (χ3n) is 3.85. The number of halogens is 1. The number of aromatic amines is 1. The fourth-order valence-corrected chi connectivity index (χ4v) is 2.77. The predicted octanol–water partition coefficient (Wildman–Crippen LogP) is 3.11. The smallest absolute Gasteiger partial charge is 0.272 e. The molecule has 0 bridgehead atoms. The van der Waals surface area contributed by atoms with Crippen LogP contribution >= 0.6 is 11.6 Å². The predicted molar refractivity (Wildman–Crippen MR) is 96.3 cm³/mol. The van der Waals surface area contributed by atoms with Gasteiger partial charge >= 0.3 is 0 Å².